The van der Waals surface area contributed by atoms with E-state index in [9.17, 15) is 18.0 Å². The van der Waals surface area contributed by atoms with Crippen molar-refractivity contribution in [1.82, 2.24) is 14.8 Å². The maximum absolute atomic E-state index is 13.3. The van der Waals surface area contributed by atoms with Gasteiger partial charge < -0.3 is 5.32 Å². The zero-order valence-electron chi connectivity index (χ0n) is 16.4. The minimum Gasteiger partial charge on any atom is -0.306 e. The number of halogens is 5. The largest absolute Gasteiger partial charge is 0.416 e. The van der Waals surface area contributed by atoms with Crippen LogP contribution in [0.3, 0.4) is 0 Å². The van der Waals surface area contributed by atoms with Crippen molar-refractivity contribution in [2.45, 2.75) is 18.6 Å². The minimum absolute atomic E-state index is 0.226. The van der Waals surface area contributed by atoms with Gasteiger partial charge in [-0.3, -0.25) is 4.68 Å². The van der Waals surface area contributed by atoms with Crippen LogP contribution in [-0.4, -0.2) is 33.1 Å². The van der Waals surface area contributed by atoms with Crippen LogP contribution in [0.1, 0.15) is 23.6 Å². The number of urea groups is 1. The minimum atomic E-state index is -4.51. The summed E-state index contributed by atoms with van der Waals surface area (Å²) < 4.78 is 41.4. The Labute approximate surface area is 191 Å². The average Bonchev–Trinajstić information content (AvgIpc) is 3.20. The van der Waals surface area contributed by atoms with Gasteiger partial charge in [-0.1, -0.05) is 35.3 Å². The molecule has 0 radical (unpaired) electrons. The molecule has 32 heavy (non-hydrogen) atoms. The SMILES string of the molecule is O=C(Nc1ccc(Cl)cc1)N1CCC(n2cc(Cl)cn2)C(c2cccc(C(F)(F)F)c2)=N1. The molecule has 166 valence electrons. The number of amides is 2. The van der Waals surface area contributed by atoms with Gasteiger partial charge >= 0.3 is 12.2 Å². The molecule has 0 saturated carbocycles. The van der Waals surface area contributed by atoms with Gasteiger partial charge in [-0.15, -0.1) is 0 Å². The Hall–Kier alpha value is -3.04. The lowest BCUT2D eigenvalue weighted by Gasteiger charge is -2.30. The molecule has 0 bridgehead atoms. The van der Waals surface area contributed by atoms with Crippen LogP contribution in [0.4, 0.5) is 23.7 Å². The van der Waals surface area contributed by atoms with Crippen molar-refractivity contribution in [3.05, 3.63) is 82.1 Å². The number of anilines is 1. The molecule has 1 atom stereocenters. The van der Waals surface area contributed by atoms with Crippen LogP contribution >= 0.6 is 23.2 Å². The first kappa shape index (κ1) is 22.2. The lowest BCUT2D eigenvalue weighted by molar-refractivity contribution is -0.137. The highest BCUT2D eigenvalue weighted by Crippen LogP contribution is 2.32. The number of nitrogens with one attached hydrogen (secondary N) is 1. The van der Waals surface area contributed by atoms with Crippen LogP contribution in [0.25, 0.3) is 0 Å². The molecule has 3 aromatic rings. The van der Waals surface area contributed by atoms with Crippen LogP contribution < -0.4 is 5.32 Å². The van der Waals surface area contributed by atoms with Crippen molar-refractivity contribution >= 4 is 40.6 Å². The molecule has 1 unspecified atom stereocenters. The molecule has 0 spiro atoms. The Morgan fingerprint density at radius 3 is 2.50 bits per heavy atom. The van der Waals surface area contributed by atoms with Gasteiger partial charge in [0.25, 0.3) is 0 Å². The van der Waals surface area contributed by atoms with E-state index in [-0.39, 0.29) is 17.8 Å². The van der Waals surface area contributed by atoms with Gasteiger partial charge in [0.2, 0.25) is 0 Å². The monoisotopic (exact) mass is 481 g/mol. The van der Waals surface area contributed by atoms with Crippen molar-refractivity contribution in [3.8, 4) is 0 Å². The number of rotatable bonds is 3. The second-order valence-corrected chi connectivity index (χ2v) is 7.94. The summed E-state index contributed by atoms with van der Waals surface area (Å²) in [5, 5.41) is 13.4. The number of nitrogens with zero attached hydrogens (tertiary/aromatic N) is 4. The number of hydrogen-bond donors (Lipinski definition) is 1. The van der Waals surface area contributed by atoms with Gasteiger partial charge in [-0.25, -0.2) is 9.80 Å². The molecule has 2 heterocycles. The highest BCUT2D eigenvalue weighted by Gasteiger charge is 2.33. The Morgan fingerprint density at radius 1 is 1.09 bits per heavy atom. The zero-order valence-corrected chi connectivity index (χ0v) is 17.9. The summed E-state index contributed by atoms with van der Waals surface area (Å²) in [6.45, 7) is 0.226. The van der Waals surface area contributed by atoms with E-state index in [4.69, 9.17) is 23.2 Å². The molecular weight excluding hydrogens is 466 g/mol. The molecule has 1 aromatic heterocycles. The Morgan fingerprint density at radius 2 is 1.84 bits per heavy atom. The molecule has 2 amide bonds. The van der Waals surface area contributed by atoms with Gasteiger partial charge in [-0.05, 0) is 42.8 Å². The number of benzene rings is 2. The van der Waals surface area contributed by atoms with E-state index in [0.29, 0.717) is 22.2 Å². The van der Waals surface area contributed by atoms with Crippen molar-refractivity contribution in [1.29, 1.82) is 0 Å². The molecule has 6 nitrogen and oxygen atoms in total. The normalized spacial score (nSPS) is 16.6. The summed E-state index contributed by atoms with van der Waals surface area (Å²) in [5.74, 6) is 0. The van der Waals surface area contributed by atoms with E-state index >= 15 is 0 Å². The quantitative estimate of drug-likeness (QED) is 0.491. The van der Waals surface area contributed by atoms with Crippen molar-refractivity contribution in [2.24, 2.45) is 5.10 Å². The van der Waals surface area contributed by atoms with Crippen molar-refractivity contribution in [3.63, 3.8) is 0 Å². The summed E-state index contributed by atoms with van der Waals surface area (Å²) >= 11 is 11.8. The van der Waals surface area contributed by atoms with Gasteiger partial charge in [0.1, 0.15) is 0 Å². The summed E-state index contributed by atoms with van der Waals surface area (Å²) in [4.78, 5) is 12.8. The van der Waals surface area contributed by atoms with Gasteiger partial charge in [0, 0.05) is 29.0 Å². The molecule has 11 heteroatoms. The fourth-order valence-electron chi connectivity index (χ4n) is 3.34. The Kier molecular flexibility index (Phi) is 6.12. The highest BCUT2D eigenvalue weighted by molar-refractivity contribution is 6.30. The van der Waals surface area contributed by atoms with E-state index in [2.05, 4.69) is 15.5 Å². The van der Waals surface area contributed by atoms with E-state index in [1.807, 2.05) is 0 Å². The first-order chi connectivity index (χ1) is 15.2. The first-order valence-corrected chi connectivity index (χ1v) is 10.3. The van der Waals surface area contributed by atoms with E-state index in [1.165, 1.54) is 28.0 Å². The molecule has 2 aromatic carbocycles. The molecular formula is C21H16Cl2F3N5O. The topological polar surface area (TPSA) is 62.5 Å². The average molecular weight is 482 g/mol. The third-order valence-corrected chi connectivity index (χ3v) is 5.31. The van der Waals surface area contributed by atoms with Crippen molar-refractivity contribution < 1.29 is 18.0 Å². The third-order valence-electron chi connectivity index (χ3n) is 4.86. The Balaban J connectivity index is 1.69. The third kappa shape index (κ3) is 4.89. The summed E-state index contributed by atoms with van der Waals surface area (Å²) in [6.07, 6.45) is -1.13. The summed E-state index contributed by atoms with van der Waals surface area (Å²) in [7, 11) is 0. The summed E-state index contributed by atoms with van der Waals surface area (Å²) in [6, 6.07) is 10.3. The number of alkyl halides is 3. The second kappa shape index (κ2) is 8.84. The smallest absolute Gasteiger partial charge is 0.306 e. The van der Waals surface area contributed by atoms with Crippen molar-refractivity contribution in [2.75, 3.05) is 11.9 Å². The molecule has 0 saturated heterocycles. The highest BCUT2D eigenvalue weighted by atomic mass is 35.5. The molecule has 1 N–H and O–H groups in total. The van der Waals surface area contributed by atoms with Gasteiger partial charge in [0.05, 0.1) is 28.5 Å². The van der Waals surface area contributed by atoms with E-state index < -0.39 is 23.8 Å². The number of carbonyl (C=O) groups is 1. The fraction of sp³-hybridized carbons (Fsp3) is 0.190. The second-order valence-electron chi connectivity index (χ2n) is 7.07. The van der Waals surface area contributed by atoms with Crippen LogP contribution in [0, 0.1) is 0 Å². The van der Waals surface area contributed by atoms with Crippen LogP contribution in [0.15, 0.2) is 66.0 Å². The number of hydrogen-bond acceptors (Lipinski definition) is 3. The van der Waals surface area contributed by atoms with Crippen LogP contribution in [0.2, 0.25) is 10.0 Å². The Bertz CT molecular complexity index is 1160. The predicted molar refractivity (Wildman–Crippen MR) is 116 cm³/mol. The zero-order chi connectivity index (χ0) is 22.9. The van der Waals surface area contributed by atoms with Crippen LogP contribution in [0.5, 0.6) is 0 Å². The standard InChI is InChI=1S/C21H16Cl2F3N5O/c22-15-4-6-17(7-5-15)28-20(32)30-9-8-18(31-12-16(23)11-27-31)19(29-30)13-2-1-3-14(10-13)21(24,25)26/h1-7,10-12,18H,8-9H2,(H,28,32). The molecule has 4 rings (SSSR count). The van der Waals surface area contributed by atoms with Gasteiger partial charge in [0.15, 0.2) is 0 Å². The van der Waals surface area contributed by atoms with Gasteiger partial charge in [-0.2, -0.15) is 23.4 Å². The first-order valence-electron chi connectivity index (χ1n) is 9.50. The maximum atomic E-state index is 13.3. The fourth-order valence-corrected chi connectivity index (χ4v) is 3.61. The molecule has 0 fully saturated rings. The number of carbonyl (C=O) groups excluding carboxylic acids is 1. The van der Waals surface area contributed by atoms with Crippen LogP contribution in [-0.2, 0) is 6.18 Å². The van der Waals surface area contributed by atoms with E-state index in [0.717, 1.165) is 12.1 Å². The molecule has 1 aliphatic heterocycles. The lowest BCUT2D eigenvalue weighted by atomic mass is 9.97. The number of hydrazone groups is 1. The predicted octanol–water partition coefficient (Wildman–Crippen LogP) is 6.09. The lowest BCUT2D eigenvalue weighted by Crippen LogP contribution is -2.39. The molecule has 0 aliphatic carbocycles. The van der Waals surface area contributed by atoms with E-state index in [1.54, 1.807) is 30.5 Å². The maximum Gasteiger partial charge on any atom is 0.416 e. The number of aromatic nitrogens is 2. The molecule has 1 aliphatic rings. The summed E-state index contributed by atoms with van der Waals surface area (Å²) in [5.41, 5.74) is 0.211.